The molecule has 0 saturated heterocycles. The first kappa shape index (κ1) is 42.8. The molecule has 0 unspecified atom stereocenters. The summed E-state index contributed by atoms with van der Waals surface area (Å²) in [7, 11) is 0. The van der Waals surface area contributed by atoms with Crippen LogP contribution in [0.5, 0.6) is 0 Å². The van der Waals surface area contributed by atoms with Crippen LogP contribution in [0.15, 0.2) is 191 Å². The molecule has 13 aromatic rings. The van der Waals surface area contributed by atoms with Crippen molar-refractivity contribution >= 4 is 65.4 Å². The summed E-state index contributed by atoms with van der Waals surface area (Å²) in [4.78, 5) is 0. The molecule has 0 saturated carbocycles. The van der Waals surface area contributed by atoms with Gasteiger partial charge in [-0.2, -0.15) is 0 Å². The van der Waals surface area contributed by atoms with E-state index in [4.69, 9.17) is 8.83 Å². The standard InChI is InChI=1S/C74H54O2/c1-71(2)53-29-17-13-25-43(53)61-41-23-11-9-21-39(41)49(35-55(61)71)51-37-57-65(69-63(51)45-27-15-19-31-59(45)75-69)47-33-34-48-66-58(74(7,8)68(48)67(47)73(57,5)6)38-52(64-46-28-16-20-32-60(46)76-70(64)66)50-36-56-62(42-24-12-10-22-40(42)50)44-26-14-18-30-54(44)72(56,3)4/h9-38H,1-8H3. The van der Waals surface area contributed by atoms with Gasteiger partial charge >= 0.3 is 0 Å². The topological polar surface area (TPSA) is 26.3 Å². The Morgan fingerprint density at radius 1 is 0.250 bits per heavy atom. The second kappa shape index (κ2) is 13.9. The second-order valence-electron chi connectivity index (χ2n) is 24.6. The summed E-state index contributed by atoms with van der Waals surface area (Å²) in [5.74, 6) is 0. The lowest BCUT2D eigenvalue weighted by Crippen LogP contribution is -2.24. The van der Waals surface area contributed by atoms with Crippen LogP contribution in [0.25, 0.3) is 132 Å². The maximum absolute atomic E-state index is 7.28. The summed E-state index contributed by atoms with van der Waals surface area (Å²) in [6.07, 6.45) is 0. The largest absolute Gasteiger partial charge is 0.455 e. The number of fused-ring (bicyclic) bond motifs is 25. The quantitative estimate of drug-likeness (QED) is 0.173. The predicted molar refractivity (Wildman–Crippen MR) is 317 cm³/mol. The predicted octanol–water partition coefficient (Wildman–Crippen LogP) is 20.4. The monoisotopic (exact) mass is 974 g/mol. The van der Waals surface area contributed by atoms with Gasteiger partial charge in [-0.15, -0.1) is 0 Å². The molecule has 0 radical (unpaired) electrons. The van der Waals surface area contributed by atoms with E-state index in [0.29, 0.717) is 0 Å². The Bertz CT molecular complexity index is 4560. The first-order chi connectivity index (χ1) is 36.8. The molecule has 2 heterocycles. The molecule has 2 aromatic heterocycles. The van der Waals surface area contributed by atoms with Crippen molar-refractivity contribution in [3.8, 4) is 66.8 Å². The molecule has 0 spiro atoms. The highest BCUT2D eigenvalue weighted by molar-refractivity contribution is 6.24. The summed E-state index contributed by atoms with van der Waals surface area (Å²) < 4.78 is 14.6. The number of hydrogen-bond donors (Lipinski definition) is 0. The van der Waals surface area contributed by atoms with Crippen LogP contribution in [0.3, 0.4) is 0 Å². The van der Waals surface area contributed by atoms with E-state index in [1.807, 2.05) is 0 Å². The fourth-order valence-corrected chi connectivity index (χ4v) is 15.9. The SMILES string of the molecule is CC1(C)c2ccccc2-c2c1cc(-c1cc3c(c4oc5ccccc5c14)-c1ccc4c(c1C3(C)C)C(C)(C)c1cc(-c3cc5c(c6ccccc36)-c3ccccc3C5(C)C)c3c(oc5ccccc53)c1-4)c1ccccc21. The number of rotatable bonds is 2. The van der Waals surface area contributed by atoms with Gasteiger partial charge in [-0.25, -0.2) is 0 Å². The van der Waals surface area contributed by atoms with Crippen LogP contribution in [-0.2, 0) is 21.7 Å². The fourth-order valence-electron chi connectivity index (χ4n) is 15.9. The molecule has 0 amide bonds. The Morgan fingerprint density at radius 3 is 1.00 bits per heavy atom. The van der Waals surface area contributed by atoms with Gasteiger partial charge in [-0.05, 0) is 158 Å². The number of benzene rings is 11. The molecule has 0 fully saturated rings. The van der Waals surface area contributed by atoms with Crippen molar-refractivity contribution < 1.29 is 8.83 Å². The van der Waals surface area contributed by atoms with Gasteiger partial charge in [0.05, 0.1) is 0 Å². The van der Waals surface area contributed by atoms with Gasteiger partial charge in [0.1, 0.15) is 22.3 Å². The first-order valence-corrected chi connectivity index (χ1v) is 27.3. The molecular formula is C74H54O2. The molecule has 76 heavy (non-hydrogen) atoms. The van der Waals surface area contributed by atoms with Crippen LogP contribution in [0.4, 0.5) is 0 Å². The third-order valence-electron chi connectivity index (χ3n) is 19.4. The summed E-state index contributed by atoms with van der Waals surface area (Å²) in [5.41, 5.74) is 28.8. The van der Waals surface area contributed by atoms with Crippen molar-refractivity contribution in [1.29, 1.82) is 0 Å². The average Bonchev–Trinajstić information content (AvgIpc) is 4.32. The van der Waals surface area contributed by atoms with Crippen LogP contribution in [0.1, 0.15) is 99.9 Å². The zero-order valence-electron chi connectivity index (χ0n) is 44.1. The molecule has 4 aliphatic rings. The van der Waals surface area contributed by atoms with Crippen LogP contribution < -0.4 is 0 Å². The summed E-state index contributed by atoms with van der Waals surface area (Å²) in [6, 6.07) is 68.7. The molecule has 2 heteroatoms. The van der Waals surface area contributed by atoms with Crippen molar-refractivity contribution in [3.63, 3.8) is 0 Å². The van der Waals surface area contributed by atoms with Gasteiger partial charge < -0.3 is 8.83 Å². The van der Waals surface area contributed by atoms with Crippen molar-refractivity contribution in [2.45, 2.75) is 77.0 Å². The fraction of sp³-hybridized carbons (Fsp3) is 0.162. The number of furan rings is 2. The lowest BCUT2D eigenvalue weighted by atomic mass is 9.72. The highest BCUT2D eigenvalue weighted by Gasteiger charge is 2.49. The number of para-hydroxylation sites is 2. The van der Waals surface area contributed by atoms with Gasteiger partial charge in [0.15, 0.2) is 0 Å². The first-order valence-electron chi connectivity index (χ1n) is 27.3. The van der Waals surface area contributed by atoms with Crippen LogP contribution in [-0.4, -0.2) is 0 Å². The summed E-state index contributed by atoms with van der Waals surface area (Å²) >= 11 is 0. The highest BCUT2D eigenvalue weighted by Crippen LogP contribution is 2.65. The molecule has 17 rings (SSSR count). The second-order valence-corrected chi connectivity index (χ2v) is 24.6. The molecule has 11 aromatic carbocycles. The van der Waals surface area contributed by atoms with E-state index in [1.54, 1.807) is 0 Å². The zero-order chi connectivity index (χ0) is 51.1. The summed E-state index contributed by atoms with van der Waals surface area (Å²) in [5, 5.41) is 9.78. The minimum Gasteiger partial charge on any atom is -0.455 e. The van der Waals surface area contributed by atoms with Gasteiger partial charge in [0, 0.05) is 54.3 Å². The molecule has 0 aliphatic heterocycles. The maximum Gasteiger partial charge on any atom is 0.144 e. The van der Waals surface area contributed by atoms with Crippen molar-refractivity contribution in [3.05, 3.63) is 226 Å². The van der Waals surface area contributed by atoms with E-state index >= 15 is 0 Å². The van der Waals surface area contributed by atoms with Crippen LogP contribution >= 0.6 is 0 Å². The smallest absolute Gasteiger partial charge is 0.144 e. The minimum atomic E-state index is -0.397. The van der Waals surface area contributed by atoms with Gasteiger partial charge in [-0.1, -0.05) is 201 Å². The van der Waals surface area contributed by atoms with Crippen molar-refractivity contribution in [1.82, 2.24) is 0 Å². The van der Waals surface area contributed by atoms with Gasteiger partial charge in [0.2, 0.25) is 0 Å². The Hall–Kier alpha value is -8.46. The number of hydrogen-bond acceptors (Lipinski definition) is 2. The lowest BCUT2D eigenvalue weighted by Gasteiger charge is -2.31. The highest BCUT2D eigenvalue weighted by atomic mass is 16.3. The Morgan fingerprint density at radius 2 is 0.579 bits per heavy atom. The van der Waals surface area contributed by atoms with Crippen molar-refractivity contribution in [2.24, 2.45) is 0 Å². The van der Waals surface area contributed by atoms with Gasteiger partial charge in [-0.3, -0.25) is 0 Å². The average molecular weight is 975 g/mol. The molecule has 0 atom stereocenters. The summed E-state index contributed by atoms with van der Waals surface area (Å²) in [6.45, 7) is 19.5. The third kappa shape index (κ3) is 4.96. The zero-order valence-corrected chi connectivity index (χ0v) is 44.1. The van der Waals surface area contributed by atoms with E-state index in [0.717, 1.165) is 33.1 Å². The van der Waals surface area contributed by atoms with E-state index in [-0.39, 0.29) is 10.8 Å². The van der Waals surface area contributed by atoms with Crippen LogP contribution in [0, 0.1) is 0 Å². The third-order valence-corrected chi connectivity index (χ3v) is 19.4. The Balaban J connectivity index is 0.932. The molecule has 362 valence electrons. The van der Waals surface area contributed by atoms with E-state index in [9.17, 15) is 0 Å². The van der Waals surface area contributed by atoms with Crippen molar-refractivity contribution in [2.75, 3.05) is 0 Å². The molecule has 4 aliphatic carbocycles. The molecule has 2 nitrogen and oxygen atoms in total. The normalized spacial score (nSPS) is 16.3. The lowest BCUT2D eigenvalue weighted by molar-refractivity contribution is 0.600. The minimum absolute atomic E-state index is 0.170. The van der Waals surface area contributed by atoms with Gasteiger partial charge in [0.25, 0.3) is 0 Å². The van der Waals surface area contributed by atoms with E-state index < -0.39 is 10.8 Å². The van der Waals surface area contributed by atoms with E-state index in [1.165, 1.54) is 144 Å². The Labute approximate surface area is 442 Å². The van der Waals surface area contributed by atoms with E-state index in [2.05, 4.69) is 237 Å². The maximum atomic E-state index is 7.28. The molecule has 0 bridgehead atoms. The Kier molecular flexibility index (Phi) is 7.82. The molecular weight excluding hydrogens is 921 g/mol. The van der Waals surface area contributed by atoms with Crippen LogP contribution in [0.2, 0.25) is 0 Å². The molecule has 0 N–H and O–H groups in total.